The zero-order chi connectivity index (χ0) is 17.8. The van der Waals surface area contributed by atoms with E-state index in [0.29, 0.717) is 32.3 Å². The Kier molecular flexibility index (Phi) is 5.72. The van der Waals surface area contributed by atoms with Crippen molar-refractivity contribution in [2.45, 2.75) is 31.4 Å². The number of hydrogen-bond donors (Lipinski definition) is 1. The maximum absolute atomic E-state index is 13.0. The Morgan fingerprint density at radius 2 is 1.92 bits per heavy atom. The van der Waals surface area contributed by atoms with Crippen molar-refractivity contribution >= 4 is 11.6 Å². The maximum Gasteiger partial charge on any atom is 0.253 e. The van der Waals surface area contributed by atoms with Gasteiger partial charge in [0.15, 0.2) is 0 Å². The lowest BCUT2D eigenvalue weighted by atomic mass is 10.0. The van der Waals surface area contributed by atoms with E-state index in [2.05, 4.69) is 10.2 Å². The summed E-state index contributed by atoms with van der Waals surface area (Å²) in [6, 6.07) is 7.83. The molecule has 2 aliphatic heterocycles. The van der Waals surface area contributed by atoms with Crippen LogP contribution in [0.3, 0.4) is 0 Å². The molecule has 1 aromatic carbocycles. The van der Waals surface area contributed by atoms with Gasteiger partial charge in [0.2, 0.25) is 0 Å². The van der Waals surface area contributed by atoms with Crippen LogP contribution in [-0.2, 0) is 14.2 Å². The topological polar surface area (TPSA) is 60.0 Å². The van der Waals surface area contributed by atoms with Crippen molar-refractivity contribution in [3.8, 4) is 0 Å². The molecular formula is C20H28N2O4. The number of benzene rings is 1. The molecule has 0 aromatic heterocycles. The highest BCUT2D eigenvalue weighted by Gasteiger charge is 2.31. The van der Waals surface area contributed by atoms with Gasteiger partial charge in [0.1, 0.15) is 6.10 Å². The van der Waals surface area contributed by atoms with Crippen LogP contribution >= 0.6 is 0 Å². The normalized spacial score (nSPS) is 26.5. The summed E-state index contributed by atoms with van der Waals surface area (Å²) in [6.45, 7) is 5.04. The first-order valence-electron chi connectivity index (χ1n) is 9.73. The number of morpholine rings is 1. The number of nitrogens with one attached hydrogen (secondary N) is 1. The molecule has 0 spiro atoms. The lowest BCUT2D eigenvalue weighted by Crippen LogP contribution is -2.50. The molecule has 1 saturated carbocycles. The molecule has 2 heterocycles. The van der Waals surface area contributed by atoms with Crippen LogP contribution in [0.2, 0.25) is 0 Å². The standard InChI is InChI=1S/C20H28N2O4/c23-20(16-3-1-2-4-18(16)22-8-11-24-12-9-22)21-17-7-10-25-14-19(17)26-13-15-5-6-15/h1-4,15,17,19H,5-14H2,(H,21,23)/t17-,19-/m1/s1. The van der Waals surface area contributed by atoms with Crippen molar-refractivity contribution in [1.82, 2.24) is 5.32 Å². The van der Waals surface area contributed by atoms with Crippen LogP contribution in [0.15, 0.2) is 24.3 Å². The minimum Gasteiger partial charge on any atom is -0.379 e. The number of carbonyl (C=O) groups excluding carboxylic acids is 1. The SMILES string of the molecule is O=C(N[C@@H]1CCOC[C@H]1OCC1CC1)c1ccccc1N1CCOCC1. The Labute approximate surface area is 154 Å². The van der Waals surface area contributed by atoms with E-state index in [-0.39, 0.29) is 18.1 Å². The highest BCUT2D eigenvalue weighted by molar-refractivity contribution is 6.00. The molecule has 2 atom stereocenters. The second kappa shape index (κ2) is 8.37. The average molecular weight is 360 g/mol. The summed E-state index contributed by atoms with van der Waals surface area (Å²) in [5.41, 5.74) is 1.71. The molecule has 1 N–H and O–H groups in total. The number of amides is 1. The fourth-order valence-electron chi connectivity index (χ4n) is 3.58. The second-order valence-electron chi connectivity index (χ2n) is 7.38. The minimum atomic E-state index is -0.0520. The van der Waals surface area contributed by atoms with E-state index in [9.17, 15) is 4.79 Å². The fourth-order valence-corrected chi connectivity index (χ4v) is 3.58. The van der Waals surface area contributed by atoms with Gasteiger partial charge in [-0.15, -0.1) is 0 Å². The van der Waals surface area contributed by atoms with Crippen molar-refractivity contribution < 1.29 is 19.0 Å². The van der Waals surface area contributed by atoms with Gasteiger partial charge >= 0.3 is 0 Å². The Balaban J connectivity index is 1.43. The van der Waals surface area contributed by atoms with E-state index in [1.165, 1.54) is 12.8 Å². The summed E-state index contributed by atoms with van der Waals surface area (Å²) in [4.78, 5) is 15.2. The molecule has 3 fully saturated rings. The molecule has 0 unspecified atom stereocenters. The largest absolute Gasteiger partial charge is 0.379 e. The summed E-state index contributed by atoms with van der Waals surface area (Å²) in [6.07, 6.45) is 3.26. The molecule has 6 nitrogen and oxygen atoms in total. The number of ether oxygens (including phenoxy) is 3. The number of carbonyl (C=O) groups is 1. The molecule has 3 aliphatic rings. The van der Waals surface area contributed by atoms with Crippen LogP contribution in [-0.4, -0.2) is 64.2 Å². The lowest BCUT2D eigenvalue weighted by molar-refractivity contribution is -0.0697. The molecule has 4 rings (SSSR count). The average Bonchev–Trinajstić information content (AvgIpc) is 3.52. The number of nitrogens with zero attached hydrogens (tertiary/aromatic N) is 1. The molecule has 1 amide bonds. The summed E-state index contributed by atoms with van der Waals surface area (Å²) in [7, 11) is 0. The van der Waals surface area contributed by atoms with Crippen LogP contribution in [0.25, 0.3) is 0 Å². The van der Waals surface area contributed by atoms with Crippen LogP contribution < -0.4 is 10.2 Å². The number of para-hydroxylation sites is 1. The molecule has 26 heavy (non-hydrogen) atoms. The van der Waals surface area contributed by atoms with E-state index in [0.717, 1.165) is 37.4 Å². The number of hydrogen-bond acceptors (Lipinski definition) is 5. The number of anilines is 1. The predicted octanol–water partition coefficient (Wildman–Crippen LogP) is 1.84. The van der Waals surface area contributed by atoms with E-state index in [4.69, 9.17) is 14.2 Å². The van der Waals surface area contributed by atoms with Gasteiger partial charge in [0.05, 0.1) is 31.4 Å². The number of rotatable bonds is 6. The third kappa shape index (κ3) is 4.37. The van der Waals surface area contributed by atoms with Gasteiger partial charge in [0.25, 0.3) is 5.91 Å². The first kappa shape index (κ1) is 17.8. The molecule has 142 valence electrons. The fraction of sp³-hybridized carbons (Fsp3) is 0.650. The molecule has 2 saturated heterocycles. The molecular weight excluding hydrogens is 332 g/mol. The van der Waals surface area contributed by atoms with Crippen LogP contribution in [0.5, 0.6) is 0 Å². The first-order chi connectivity index (χ1) is 12.8. The van der Waals surface area contributed by atoms with Gasteiger partial charge < -0.3 is 24.4 Å². The highest BCUT2D eigenvalue weighted by atomic mass is 16.5. The van der Waals surface area contributed by atoms with Gasteiger partial charge in [-0.1, -0.05) is 12.1 Å². The van der Waals surface area contributed by atoms with Gasteiger partial charge in [-0.2, -0.15) is 0 Å². The first-order valence-corrected chi connectivity index (χ1v) is 9.73. The molecule has 0 bridgehead atoms. The van der Waals surface area contributed by atoms with E-state index in [1.54, 1.807) is 0 Å². The minimum absolute atomic E-state index is 0.00717. The third-order valence-electron chi connectivity index (χ3n) is 5.36. The van der Waals surface area contributed by atoms with E-state index < -0.39 is 0 Å². The Morgan fingerprint density at radius 1 is 1.12 bits per heavy atom. The molecule has 1 aliphatic carbocycles. The van der Waals surface area contributed by atoms with Crippen molar-refractivity contribution in [1.29, 1.82) is 0 Å². The van der Waals surface area contributed by atoms with Crippen LogP contribution in [0.1, 0.15) is 29.6 Å². The van der Waals surface area contributed by atoms with Crippen LogP contribution in [0.4, 0.5) is 5.69 Å². The Hall–Kier alpha value is -1.63. The summed E-state index contributed by atoms with van der Waals surface area (Å²) >= 11 is 0. The van der Waals surface area contributed by atoms with Crippen molar-refractivity contribution in [2.24, 2.45) is 5.92 Å². The van der Waals surface area contributed by atoms with Crippen molar-refractivity contribution in [2.75, 3.05) is 51.0 Å². The summed E-state index contributed by atoms with van der Waals surface area (Å²) < 4.78 is 17.0. The Bertz CT molecular complexity index is 614. The summed E-state index contributed by atoms with van der Waals surface area (Å²) in [5, 5.41) is 3.21. The van der Waals surface area contributed by atoms with Crippen molar-refractivity contribution in [3.63, 3.8) is 0 Å². The second-order valence-corrected chi connectivity index (χ2v) is 7.38. The van der Waals surface area contributed by atoms with E-state index in [1.807, 2.05) is 24.3 Å². The monoisotopic (exact) mass is 360 g/mol. The van der Waals surface area contributed by atoms with Crippen molar-refractivity contribution in [3.05, 3.63) is 29.8 Å². The predicted molar refractivity (Wildman–Crippen MR) is 98.6 cm³/mol. The quantitative estimate of drug-likeness (QED) is 0.839. The molecule has 1 aromatic rings. The molecule has 0 radical (unpaired) electrons. The zero-order valence-electron chi connectivity index (χ0n) is 15.2. The maximum atomic E-state index is 13.0. The smallest absolute Gasteiger partial charge is 0.253 e. The Morgan fingerprint density at radius 3 is 2.73 bits per heavy atom. The summed E-state index contributed by atoms with van der Waals surface area (Å²) in [5.74, 6) is 0.675. The van der Waals surface area contributed by atoms with E-state index >= 15 is 0 Å². The van der Waals surface area contributed by atoms with Gasteiger partial charge in [0, 0.05) is 32.0 Å². The van der Waals surface area contributed by atoms with Gasteiger partial charge in [-0.3, -0.25) is 4.79 Å². The highest BCUT2D eigenvalue weighted by Crippen LogP contribution is 2.30. The van der Waals surface area contributed by atoms with Gasteiger partial charge in [-0.25, -0.2) is 0 Å². The van der Waals surface area contributed by atoms with Gasteiger partial charge in [-0.05, 0) is 37.3 Å². The van der Waals surface area contributed by atoms with Crippen LogP contribution in [0, 0.1) is 5.92 Å². The molecule has 6 heteroatoms. The third-order valence-corrected chi connectivity index (χ3v) is 5.36. The lowest BCUT2D eigenvalue weighted by Gasteiger charge is -2.33. The zero-order valence-corrected chi connectivity index (χ0v) is 15.2.